The number of methoxy groups -OCH3 is 2. The number of aryl methyl sites for hydroxylation is 1. The lowest BCUT2D eigenvalue weighted by Crippen LogP contribution is -2.49. The zero-order chi connectivity index (χ0) is 20.4. The van der Waals surface area contributed by atoms with Gasteiger partial charge in [0.15, 0.2) is 11.5 Å². The van der Waals surface area contributed by atoms with Gasteiger partial charge in [-0.1, -0.05) is 6.07 Å². The molecule has 8 heteroatoms. The van der Waals surface area contributed by atoms with Gasteiger partial charge in [-0.25, -0.2) is 9.97 Å². The van der Waals surface area contributed by atoms with E-state index in [0.717, 1.165) is 34.7 Å². The van der Waals surface area contributed by atoms with E-state index in [4.69, 9.17) is 9.47 Å². The number of hydrogen-bond acceptors (Lipinski definition) is 7. The second-order valence-electron chi connectivity index (χ2n) is 7.01. The summed E-state index contributed by atoms with van der Waals surface area (Å²) in [6, 6.07) is 7.75. The van der Waals surface area contributed by atoms with Gasteiger partial charge in [-0.15, -0.1) is 11.3 Å². The lowest BCUT2D eigenvalue weighted by atomic mass is 10.1. The molecule has 0 bridgehead atoms. The van der Waals surface area contributed by atoms with Gasteiger partial charge in [0.2, 0.25) is 5.91 Å². The van der Waals surface area contributed by atoms with E-state index in [2.05, 4.69) is 27.9 Å². The first-order chi connectivity index (χ1) is 14.1. The predicted octanol–water partition coefficient (Wildman–Crippen LogP) is 2.91. The van der Waals surface area contributed by atoms with E-state index in [0.29, 0.717) is 31.0 Å². The number of carbonyl (C=O) groups excluding carboxylic acids is 1. The van der Waals surface area contributed by atoms with Crippen molar-refractivity contribution in [3.63, 3.8) is 0 Å². The molecule has 1 saturated heterocycles. The van der Waals surface area contributed by atoms with Crippen molar-refractivity contribution in [2.24, 2.45) is 0 Å². The van der Waals surface area contributed by atoms with E-state index in [9.17, 15) is 4.79 Å². The fourth-order valence-electron chi connectivity index (χ4n) is 3.66. The molecule has 0 spiro atoms. The molecule has 2 aromatic heterocycles. The van der Waals surface area contributed by atoms with E-state index < -0.39 is 0 Å². The van der Waals surface area contributed by atoms with Crippen LogP contribution in [0, 0.1) is 6.92 Å². The molecule has 3 heterocycles. The third-order valence-electron chi connectivity index (χ3n) is 5.17. The predicted molar refractivity (Wildman–Crippen MR) is 114 cm³/mol. The molecule has 0 N–H and O–H groups in total. The summed E-state index contributed by atoms with van der Waals surface area (Å²) >= 11 is 1.68. The zero-order valence-electron chi connectivity index (χ0n) is 16.8. The Hall–Kier alpha value is -2.87. The first kappa shape index (κ1) is 19.4. The first-order valence-corrected chi connectivity index (χ1v) is 10.4. The van der Waals surface area contributed by atoms with Crippen LogP contribution in [0.5, 0.6) is 11.5 Å². The molecule has 1 amide bonds. The van der Waals surface area contributed by atoms with Crippen LogP contribution in [0.25, 0.3) is 10.2 Å². The molecule has 1 aliphatic heterocycles. The van der Waals surface area contributed by atoms with Crippen molar-refractivity contribution >= 4 is 33.3 Å². The molecule has 1 fully saturated rings. The minimum atomic E-state index is 0.121. The zero-order valence-corrected chi connectivity index (χ0v) is 17.7. The summed E-state index contributed by atoms with van der Waals surface area (Å²) in [6.07, 6.45) is 1.98. The van der Waals surface area contributed by atoms with Crippen LogP contribution in [-0.4, -0.2) is 61.2 Å². The highest BCUT2D eigenvalue weighted by molar-refractivity contribution is 7.18. The molecule has 0 atom stereocenters. The van der Waals surface area contributed by atoms with Crippen molar-refractivity contribution in [3.05, 3.63) is 41.0 Å². The smallest absolute Gasteiger partial charge is 0.227 e. The summed E-state index contributed by atoms with van der Waals surface area (Å²) in [5, 5.41) is 1.10. The van der Waals surface area contributed by atoms with Crippen molar-refractivity contribution in [3.8, 4) is 11.5 Å². The van der Waals surface area contributed by atoms with E-state index in [1.54, 1.807) is 31.9 Å². The first-order valence-electron chi connectivity index (χ1n) is 9.54. The third kappa shape index (κ3) is 3.98. The maximum atomic E-state index is 12.8. The number of piperazine rings is 1. The van der Waals surface area contributed by atoms with Crippen molar-refractivity contribution < 1.29 is 14.3 Å². The number of ether oxygens (including phenoxy) is 2. The molecule has 0 radical (unpaired) electrons. The molecule has 1 aliphatic rings. The molecule has 7 nitrogen and oxygen atoms in total. The Balaban J connectivity index is 1.41. The minimum Gasteiger partial charge on any atom is -0.493 e. The third-order valence-corrected chi connectivity index (χ3v) is 6.13. The lowest BCUT2D eigenvalue weighted by Gasteiger charge is -2.35. The lowest BCUT2D eigenvalue weighted by molar-refractivity contribution is -0.130. The van der Waals surface area contributed by atoms with Gasteiger partial charge in [-0.05, 0) is 30.7 Å². The van der Waals surface area contributed by atoms with Gasteiger partial charge in [-0.2, -0.15) is 0 Å². The van der Waals surface area contributed by atoms with Gasteiger partial charge in [0.25, 0.3) is 0 Å². The summed E-state index contributed by atoms with van der Waals surface area (Å²) in [7, 11) is 3.20. The summed E-state index contributed by atoms with van der Waals surface area (Å²) < 4.78 is 10.6. The van der Waals surface area contributed by atoms with Gasteiger partial charge in [-0.3, -0.25) is 4.79 Å². The standard InChI is InChI=1S/C21H24N4O3S/c1-14-10-16-20(22-13-23-21(16)29-14)25-8-6-24(7-9-25)19(26)12-15-4-5-17(27-2)18(11-15)28-3/h4-5,10-11,13H,6-9,12H2,1-3H3. The van der Waals surface area contributed by atoms with Crippen molar-refractivity contribution in [1.29, 1.82) is 0 Å². The molecule has 4 rings (SSSR count). The Morgan fingerprint density at radius 3 is 2.55 bits per heavy atom. The van der Waals surface area contributed by atoms with Crippen LogP contribution in [0.1, 0.15) is 10.4 Å². The Labute approximate surface area is 173 Å². The molecule has 1 aromatic carbocycles. The van der Waals surface area contributed by atoms with Crippen LogP contribution in [0.15, 0.2) is 30.6 Å². The Morgan fingerprint density at radius 2 is 1.83 bits per heavy atom. The van der Waals surface area contributed by atoms with E-state index >= 15 is 0 Å². The maximum absolute atomic E-state index is 12.8. The fourth-order valence-corrected chi connectivity index (χ4v) is 4.50. The summed E-state index contributed by atoms with van der Waals surface area (Å²) in [5.74, 6) is 2.39. The number of rotatable bonds is 5. The number of fused-ring (bicyclic) bond motifs is 1. The number of nitrogens with zero attached hydrogens (tertiary/aromatic N) is 4. The monoisotopic (exact) mass is 412 g/mol. The second-order valence-corrected chi connectivity index (χ2v) is 8.24. The number of hydrogen-bond donors (Lipinski definition) is 0. The number of benzene rings is 1. The normalized spacial score (nSPS) is 14.3. The van der Waals surface area contributed by atoms with Gasteiger partial charge in [0.1, 0.15) is 17.0 Å². The largest absolute Gasteiger partial charge is 0.493 e. The van der Waals surface area contributed by atoms with Crippen molar-refractivity contribution in [1.82, 2.24) is 14.9 Å². The topological polar surface area (TPSA) is 67.8 Å². The molecule has 0 unspecified atom stereocenters. The fraction of sp³-hybridized carbons (Fsp3) is 0.381. The SMILES string of the molecule is COc1ccc(CC(=O)N2CCN(c3ncnc4sc(C)cc34)CC2)cc1OC. The number of carbonyl (C=O) groups is 1. The van der Waals surface area contributed by atoms with Gasteiger partial charge in [0, 0.05) is 31.1 Å². The summed E-state index contributed by atoms with van der Waals surface area (Å²) in [6.45, 7) is 4.97. The number of anilines is 1. The number of aromatic nitrogens is 2. The van der Waals surface area contributed by atoms with Crippen LogP contribution in [0.2, 0.25) is 0 Å². The average molecular weight is 413 g/mol. The average Bonchev–Trinajstić information content (AvgIpc) is 3.14. The van der Waals surface area contributed by atoms with E-state index in [1.165, 1.54) is 4.88 Å². The Morgan fingerprint density at radius 1 is 1.07 bits per heavy atom. The van der Waals surface area contributed by atoms with Gasteiger partial charge < -0.3 is 19.3 Å². The van der Waals surface area contributed by atoms with Crippen LogP contribution in [0.4, 0.5) is 5.82 Å². The van der Waals surface area contributed by atoms with Gasteiger partial charge >= 0.3 is 0 Å². The maximum Gasteiger partial charge on any atom is 0.227 e. The quantitative estimate of drug-likeness (QED) is 0.642. The van der Waals surface area contributed by atoms with Crippen LogP contribution in [0.3, 0.4) is 0 Å². The molecule has 0 aliphatic carbocycles. The van der Waals surface area contributed by atoms with Crippen LogP contribution in [-0.2, 0) is 11.2 Å². The molecule has 0 saturated carbocycles. The Bertz CT molecular complexity index is 1030. The van der Waals surface area contributed by atoms with Crippen LogP contribution >= 0.6 is 11.3 Å². The number of amides is 1. The van der Waals surface area contributed by atoms with Crippen molar-refractivity contribution in [2.45, 2.75) is 13.3 Å². The highest BCUT2D eigenvalue weighted by Crippen LogP contribution is 2.30. The minimum absolute atomic E-state index is 0.121. The number of thiophene rings is 1. The van der Waals surface area contributed by atoms with Gasteiger partial charge in [0.05, 0.1) is 26.0 Å². The van der Waals surface area contributed by atoms with Crippen molar-refractivity contribution in [2.75, 3.05) is 45.3 Å². The van der Waals surface area contributed by atoms with E-state index in [-0.39, 0.29) is 5.91 Å². The Kier molecular flexibility index (Phi) is 5.53. The molecular weight excluding hydrogens is 388 g/mol. The molecule has 152 valence electrons. The van der Waals surface area contributed by atoms with E-state index in [1.807, 2.05) is 23.1 Å². The molecular formula is C21H24N4O3S. The highest BCUT2D eigenvalue weighted by atomic mass is 32.1. The summed E-state index contributed by atoms with van der Waals surface area (Å²) in [4.78, 5) is 28.1. The summed E-state index contributed by atoms with van der Waals surface area (Å²) in [5.41, 5.74) is 0.918. The highest BCUT2D eigenvalue weighted by Gasteiger charge is 2.24. The molecule has 3 aromatic rings. The second kappa shape index (κ2) is 8.24. The molecule has 29 heavy (non-hydrogen) atoms. The van der Waals surface area contributed by atoms with Crippen LogP contribution < -0.4 is 14.4 Å².